The van der Waals surface area contributed by atoms with Crippen molar-refractivity contribution in [3.63, 3.8) is 0 Å². The van der Waals surface area contributed by atoms with Crippen LogP contribution in [0.3, 0.4) is 0 Å². The number of aromatic amines is 1. The average Bonchev–Trinajstić information content (AvgIpc) is 2.87. The largest absolute Gasteiger partial charge is 0.383 e. The summed E-state index contributed by atoms with van der Waals surface area (Å²) < 4.78 is 4.96. The monoisotopic (exact) mass is 299 g/mol. The Kier molecular flexibility index (Phi) is 5.22. The second-order valence-corrected chi connectivity index (χ2v) is 4.86. The molecule has 2 N–H and O–H groups in total. The van der Waals surface area contributed by atoms with Crippen LogP contribution in [0.15, 0.2) is 24.4 Å². The maximum Gasteiger partial charge on any atom is 0.120 e. The SMILES string of the molecule is COCCNCc1ncc(-c2ccc(Cl)c(Cl)c2)[nH]1. The van der Waals surface area contributed by atoms with Crippen molar-refractivity contribution in [2.75, 3.05) is 20.3 Å². The number of methoxy groups -OCH3 is 1. The lowest BCUT2D eigenvalue weighted by Gasteiger charge is -2.02. The zero-order valence-electron chi connectivity index (χ0n) is 10.5. The molecule has 0 saturated carbocycles. The molecule has 0 saturated heterocycles. The number of H-pyrrole nitrogens is 1. The maximum atomic E-state index is 6.00. The molecule has 0 aliphatic carbocycles. The molecule has 0 amide bonds. The molecule has 4 nitrogen and oxygen atoms in total. The van der Waals surface area contributed by atoms with Crippen LogP contribution in [0, 0.1) is 0 Å². The van der Waals surface area contributed by atoms with Gasteiger partial charge in [-0.2, -0.15) is 0 Å². The van der Waals surface area contributed by atoms with E-state index in [-0.39, 0.29) is 0 Å². The first-order valence-corrected chi connectivity index (χ1v) is 6.65. The number of nitrogens with one attached hydrogen (secondary N) is 2. The molecule has 0 radical (unpaired) electrons. The second-order valence-electron chi connectivity index (χ2n) is 4.04. The number of rotatable bonds is 6. The highest BCUT2D eigenvalue weighted by molar-refractivity contribution is 6.42. The maximum absolute atomic E-state index is 6.00. The third-order valence-electron chi connectivity index (χ3n) is 2.63. The highest BCUT2D eigenvalue weighted by Gasteiger charge is 2.05. The minimum absolute atomic E-state index is 0.536. The van der Waals surface area contributed by atoms with Crippen LogP contribution in [-0.4, -0.2) is 30.2 Å². The molecule has 0 aliphatic rings. The number of hydrogen-bond acceptors (Lipinski definition) is 3. The van der Waals surface area contributed by atoms with Crippen molar-refractivity contribution in [1.29, 1.82) is 0 Å². The molecule has 6 heteroatoms. The van der Waals surface area contributed by atoms with Gasteiger partial charge in [0.05, 0.1) is 35.1 Å². The molecule has 0 spiro atoms. The number of nitrogens with zero attached hydrogens (tertiary/aromatic N) is 1. The van der Waals surface area contributed by atoms with Gasteiger partial charge in [-0.15, -0.1) is 0 Å². The minimum atomic E-state index is 0.536. The van der Waals surface area contributed by atoms with Gasteiger partial charge in [0.1, 0.15) is 5.82 Å². The van der Waals surface area contributed by atoms with Crippen molar-refractivity contribution in [1.82, 2.24) is 15.3 Å². The standard InChI is InChI=1S/C13H15Cl2N3O/c1-19-5-4-16-8-13-17-7-12(18-13)9-2-3-10(14)11(15)6-9/h2-3,6-7,16H,4-5,8H2,1H3,(H,17,18). The van der Waals surface area contributed by atoms with E-state index in [0.717, 1.165) is 23.6 Å². The first-order chi connectivity index (χ1) is 9.20. The van der Waals surface area contributed by atoms with E-state index in [0.29, 0.717) is 23.2 Å². The van der Waals surface area contributed by atoms with Gasteiger partial charge in [0.25, 0.3) is 0 Å². The normalized spacial score (nSPS) is 10.9. The van der Waals surface area contributed by atoms with E-state index < -0.39 is 0 Å². The van der Waals surface area contributed by atoms with Crippen molar-refractivity contribution in [2.45, 2.75) is 6.54 Å². The first-order valence-electron chi connectivity index (χ1n) is 5.89. The Bertz CT molecular complexity index is 542. The van der Waals surface area contributed by atoms with Gasteiger partial charge in [0.2, 0.25) is 0 Å². The molecule has 0 fully saturated rings. The number of benzene rings is 1. The predicted octanol–water partition coefficient (Wildman–Crippen LogP) is 3.12. The van der Waals surface area contributed by atoms with Gasteiger partial charge in [-0.3, -0.25) is 0 Å². The third kappa shape index (κ3) is 3.94. The fourth-order valence-electron chi connectivity index (χ4n) is 1.64. The molecule has 102 valence electrons. The van der Waals surface area contributed by atoms with E-state index >= 15 is 0 Å². The molecule has 0 bridgehead atoms. The van der Waals surface area contributed by atoms with Gasteiger partial charge in [-0.05, 0) is 12.1 Å². The number of imidazole rings is 1. The van der Waals surface area contributed by atoms with E-state index in [4.69, 9.17) is 27.9 Å². The average molecular weight is 300 g/mol. The van der Waals surface area contributed by atoms with Crippen LogP contribution in [0.5, 0.6) is 0 Å². The molecule has 19 heavy (non-hydrogen) atoms. The van der Waals surface area contributed by atoms with Gasteiger partial charge in [0, 0.05) is 19.2 Å². The molecular weight excluding hydrogens is 285 g/mol. The summed E-state index contributed by atoms with van der Waals surface area (Å²) in [4.78, 5) is 7.54. The highest BCUT2D eigenvalue weighted by Crippen LogP contribution is 2.27. The van der Waals surface area contributed by atoms with Gasteiger partial charge in [-0.25, -0.2) is 4.98 Å². The van der Waals surface area contributed by atoms with E-state index in [1.807, 2.05) is 12.1 Å². The Hall–Kier alpha value is -1.07. The van der Waals surface area contributed by atoms with Crippen molar-refractivity contribution >= 4 is 23.2 Å². The van der Waals surface area contributed by atoms with E-state index in [9.17, 15) is 0 Å². The van der Waals surface area contributed by atoms with Gasteiger partial charge >= 0.3 is 0 Å². The zero-order valence-corrected chi connectivity index (χ0v) is 12.1. The lowest BCUT2D eigenvalue weighted by molar-refractivity contribution is 0.199. The fraction of sp³-hybridized carbons (Fsp3) is 0.308. The molecule has 1 aromatic heterocycles. The highest BCUT2D eigenvalue weighted by atomic mass is 35.5. The van der Waals surface area contributed by atoms with E-state index in [2.05, 4.69) is 15.3 Å². The van der Waals surface area contributed by atoms with Crippen molar-refractivity contribution in [3.8, 4) is 11.3 Å². The van der Waals surface area contributed by atoms with Crippen molar-refractivity contribution < 1.29 is 4.74 Å². The summed E-state index contributed by atoms with van der Waals surface area (Å²) >= 11 is 11.9. The quantitative estimate of drug-likeness (QED) is 0.806. The molecule has 1 heterocycles. The van der Waals surface area contributed by atoms with E-state index in [1.165, 1.54) is 0 Å². The number of aromatic nitrogens is 2. The zero-order chi connectivity index (χ0) is 13.7. The third-order valence-corrected chi connectivity index (χ3v) is 3.37. The van der Waals surface area contributed by atoms with Crippen LogP contribution in [0.25, 0.3) is 11.3 Å². The van der Waals surface area contributed by atoms with Crippen LogP contribution in [-0.2, 0) is 11.3 Å². The Labute approximate surface area is 122 Å². The minimum Gasteiger partial charge on any atom is -0.383 e. The second kappa shape index (κ2) is 6.91. The molecule has 2 aromatic rings. The smallest absolute Gasteiger partial charge is 0.120 e. The van der Waals surface area contributed by atoms with Crippen LogP contribution in [0.1, 0.15) is 5.82 Å². The molecule has 0 aliphatic heterocycles. The fourth-order valence-corrected chi connectivity index (χ4v) is 1.94. The molecule has 2 rings (SSSR count). The topological polar surface area (TPSA) is 49.9 Å². The van der Waals surface area contributed by atoms with Gasteiger partial charge in [-0.1, -0.05) is 29.3 Å². The van der Waals surface area contributed by atoms with Crippen molar-refractivity contribution in [2.24, 2.45) is 0 Å². The van der Waals surface area contributed by atoms with Gasteiger partial charge < -0.3 is 15.0 Å². The first kappa shape index (κ1) is 14.3. The number of ether oxygens (including phenoxy) is 1. The Balaban J connectivity index is 2.01. The lowest BCUT2D eigenvalue weighted by Crippen LogP contribution is -2.19. The summed E-state index contributed by atoms with van der Waals surface area (Å²) in [6.07, 6.45) is 1.78. The van der Waals surface area contributed by atoms with Crippen LogP contribution < -0.4 is 5.32 Å². The molecule has 1 aromatic carbocycles. The summed E-state index contributed by atoms with van der Waals surface area (Å²) in [5, 5.41) is 4.31. The summed E-state index contributed by atoms with van der Waals surface area (Å²) in [5.74, 6) is 0.872. The summed E-state index contributed by atoms with van der Waals surface area (Å²) in [6.45, 7) is 2.14. The van der Waals surface area contributed by atoms with Gasteiger partial charge in [0.15, 0.2) is 0 Å². The summed E-state index contributed by atoms with van der Waals surface area (Å²) in [5.41, 5.74) is 1.88. The van der Waals surface area contributed by atoms with Crippen LogP contribution in [0.2, 0.25) is 10.0 Å². The van der Waals surface area contributed by atoms with Crippen LogP contribution in [0.4, 0.5) is 0 Å². The van der Waals surface area contributed by atoms with E-state index in [1.54, 1.807) is 19.4 Å². The Morgan fingerprint density at radius 1 is 1.32 bits per heavy atom. The van der Waals surface area contributed by atoms with Crippen molar-refractivity contribution in [3.05, 3.63) is 40.3 Å². The lowest BCUT2D eigenvalue weighted by atomic mass is 10.2. The summed E-state index contributed by atoms with van der Waals surface area (Å²) in [6, 6.07) is 5.50. The Morgan fingerprint density at radius 3 is 2.89 bits per heavy atom. The number of halogens is 2. The predicted molar refractivity (Wildman–Crippen MR) is 77.6 cm³/mol. The molecule has 0 unspecified atom stereocenters. The summed E-state index contributed by atoms with van der Waals surface area (Å²) in [7, 11) is 1.68. The number of hydrogen-bond donors (Lipinski definition) is 2. The molecular formula is C13H15Cl2N3O. The molecule has 0 atom stereocenters. The Morgan fingerprint density at radius 2 is 2.16 bits per heavy atom. The van der Waals surface area contributed by atoms with Crippen LogP contribution >= 0.6 is 23.2 Å².